The Bertz CT molecular complexity index is 784. The van der Waals surface area contributed by atoms with Crippen molar-refractivity contribution in [2.75, 3.05) is 13.1 Å². The van der Waals surface area contributed by atoms with Crippen molar-refractivity contribution in [3.05, 3.63) is 41.4 Å². The second-order valence-corrected chi connectivity index (χ2v) is 7.76. The SMILES string of the molecule is CC1(C)C[C@]2(C=C(N)C1=O)CCN(C(=O)c1ccc(C(F)(F)F)nc1)C2. The molecule has 8 heteroatoms. The molecule has 1 aromatic heterocycles. The number of hydrogen-bond donors (Lipinski definition) is 1. The van der Waals surface area contributed by atoms with Gasteiger partial charge in [-0.25, -0.2) is 0 Å². The topological polar surface area (TPSA) is 76.3 Å². The molecule has 1 atom stereocenters. The van der Waals surface area contributed by atoms with Crippen LogP contribution in [0, 0.1) is 10.8 Å². The number of amides is 1. The molecule has 2 aliphatic rings. The van der Waals surface area contributed by atoms with Crippen LogP contribution in [-0.2, 0) is 11.0 Å². The molecule has 0 unspecified atom stereocenters. The normalized spacial score (nSPS) is 25.5. The maximum absolute atomic E-state index is 12.6. The molecule has 3 rings (SSSR count). The van der Waals surface area contributed by atoms with Gasteiger partial charge < -0.3 is 10.6 Å². The molecule has 1 aliphatic heterocycles. The first-order valence-electron chi connectivity index (χ1n) is 8.29. The number of nitrogens with zero attached hydrogens (tertiary/aromatic N) is 2. The predicted octanol–water partition coefficient (Wildman–Crippen LogP) is 2.77. The summed E-state index contributed by atoms with van der Waals surface area (Å²) in [5.74, 6) is -0.468. The van der Waals surface area contributed by atoms with Gasteiger partial charge in [0, 0.05) is 30.1 Å². The molecule has 1 spiro atoms. The third-order valence-electron chi connectivity index (χ3n) is 5.11. The second-order valence-electron chi connectivity index (χ2n) is 7.76. The van der Waals surface area contributed by atoms with E-state index in [4.69, 9.17) is 5.73 Å². The number of nitrogens with two attached hydrogens (primary N) is 1. The van der Waals surface area contributed by atoms with Gasteiger partial charge in [0.1, 0.15) is 5.69 Å². The first kappa shape index (κ1) is 18.4. The molecule has 1 fully saturated rings. The standard InChI is InChI=1S/C18H20F3N3O2/c1-16(2)9-17(7-12(22)14(16)25)5-6-24(10-17)15(26)11-3-4-13(23-8-11)18(19,20)21/h3-4,7-8H,5-6,9-10,22H2,1-2H3/t17-/m1/s1. The fourth-order valence-corrected chi connectivity index (χ4v) is 4.00. The largest absolute Gasteiger partial charge is 0.433 e. The van der Waals surface area contributed by atoms with Crippen LogP contribution in [-0.4, -0.2) is 34.7 Å². The predicted molar refractivity (Wildman–Crippen MR) is 87.9 cm³/mol. The quantitative estimate of drug-likeness (QED) is 0.828. The van der Waals surface area contributed by atoms with Gasteiger partial charge in [0.2, 0.25) is 0 Å². The molecule has 0 saturated carbocycles. The van der Waals surface area contributed by atoms with Crippen molar-refractivity contribution in [2.45, 2.75) is 32.9 Å². The Labute approximate surface area is 149 Å². The summed E-state index contributed by atoms with van der Waals surface area (Å²) in [7, 11) is 0. The van der Waals surface area contributed by atoms with E-state index in [-0.39, 0.29) is 28.4 Å². The lowest BCUT2D eigenvalue weighted by atomic mass is 9.65. The van der Waals surface area contributed by atoms with Crippen LogP contribution in [0.15, 0.2) is 30.1 Å². The summed E-state index contributed by atoms with van der Waals surface area (Å²) in [6.07, 6.45) is -0.603. The van der Waals surface area contributed by atoms with Crippen LogP contribution in [0.5, 0.6) is 0 Å². The second kappa shape index (κ2) is 5.82. The van der Waals surface area contributed by atoms with E-state index < -0.39 is 17.3 Å². The number of carbonyl (C=O) groups excluding carboxylic acids is 2. The number of Topliss-reactive ketones (excluding diaryl/α,β-unsaturated/α-hetero) is 1. The zero-order valence-corrected chi connectivity index (χ0v) is 14.6. The lowest BCUT2D eigenvalue weighted by Crippen LogP contribution is -2.42. The Kier molecular flexibility index (Phi) is 4.12. The van der Waals surface area contributed by atoms with Crippen LogP contribution in [0.4, 0.5) is 13.2 Å². The Morgan fingerprint density at radius 2 is 2.00 bits per heavy atom. The molecule has 1 amide bonds. The lowest BCUT2D eigenvalue weighted by Gasteiger charge is -2.39. The Hall–Kier alpha value is -2.38. The first-order valence-corrected chi connectivity index (χ1v) is 8.29. The molecule has 5 nitrogen and oxygen atoms in total. The fourth-order valence-electron chi connectivity index (χ4n) is 4.00. The molecular formula is C18H20F3N3O2. The molecule has 1 aromatic rings. The number of alkyl halides is 3. The number of hydrogen-bond acceptors (Lipinski definition) is 4. The number of halogens is 3. The minimum atomic E-state index is -4.54. The minimum absolute atomic E-state index is 0.0974. The van der Waals surface area contributed by atoms with E-state index in [0.717, 1.165) is 18.3 Å². The van der Waals surface area contributed by atoms with Gasteiger partial charge in [0.25, 0.3) is 5.91 Å². The molecule has 2 N–H and O–H groups in total. The number of allylic oxidation sites excluding steroid dienone is 1. The van der Waals surface area contributed by atoms with E-state index in [0.29, 0.717) is 25.9 Å². The third-order valence-corrected chi connectivity index (χ3v) is 5.11. The van der Waals surface area contributed by atoms with Crippen molar-refractivity contribution in [3.63, 3.8) is 0 Å². The van der Waals surface area contributed by atoms with Crippen molar-refractivity contribution in [2.24, 2.45) is 16.6 Å². The summed E-state index contributed by atoms with van der Waals surface area (Å²) < 4.78 is 37.8. The summed E-state index contributed by atoms with van der Waals surface area (Å²) in [4.78, 5) is 29.7. The highest BCUT2D eigenvalue weighted by atomic mass is 19.4. The number of aromatic nitrogens is 1. The highest BCUT2D eigenvalue weighted by Gasteiger charge is 2.48. The average molecular weight is 367 g/mol. The van der Waals surface area contributed by atoms with E-state index in [1.165, 1.54) is 0 Å². The van der Waals surface area contributed by atoms with Crippen molar-refractivity contribution in [1.82, 2.24) is 9.88 Å². The molecule has 1 saturated heterocycles. The summed E-state index contributed by atoms with van der Waals surface area (Å²) in [5, 5.41) is 0. The van der Waals surface area contributed by atoms with Crippen LogP contribution >= 0.6 is 0 Å². The smallest absolute Gasteiger partial charge is 0.396 e. The fraction of sp³-hybridized carbons (Fsp3) is 0.500. The van der Waals surface area contributed by atoms with Gasteiger partial charge in [-0.2, -0.15) is 13.2 Å². The molecule has 26 heavy (non-hydrogen) atoms. The van der Waals surface area contributed by atoms with Gasteiger partial charge in [-0.3, -0.25) is 14.6 Å². The van der Waals surface area contributed by atoms with E-state index in [1.54, 1.807) is 11.0 Å². The minimum Gasteiger partial charge on any atom is -0.396 e. The Morgan fingerprint density at radius 1 is 1.31 bits per heavy atom. The van der Waals surface area contributed by atoms with E-state index >= 15 is 0 Å². The highest BCUT2D eigenvalue weighted by Crippen LogP contribution is 2.47. The maximum Gasteiger partial charge on any atom is 0.433 e. The number of carbonyl (C=O) groups is 2. The van der Waals surface area contributed by atoms with Gasteiger partial charge in [-0.05, 0) is 31.1 Å². The molecule has 140 valence electrons. The highest BCUT2D eigenvalue weighted by molar-refractivity contribution is 6.00. The van der Waals surface area contributed by atoms with E-state index in [2.05, 4.69) is 4.98 Å². The average Bonchev–Trinajstić information content (AvgIpc) is 2.94. The number of ketones is 1. The Morgan fingerprint density at radius 3 is 2.54 bits per heavy atom. The number of rotatable bonds is 1. The van der Waals surface area contributed by atoms with Gasteiger partial charge in [0.05, 0.1) is 11.3 Å². The zero-order valence-electron chi connectivity index (χ0n) is 14.6. The van der Waals surface area contributed by atoms with Crippen molar-refractivity contribution < 1.29 is 22.8 Å². The van der Waals surface area contributed by atoms with Gasteiger partial charge >= 0.3 is 6.18 Å². The van der Waals surface area contributed by atoms with Crippen molar-refractivity contribution in [3.8, 4) is 0 Å². The summed E-state index contributed by atoms with van der Waals surface area (Å²) >= 11 is 0. The van der Waals surface area contributed by atoms with Gasteiger partial charge in [-0.1, -0.05) is 13.8 Å². The van der Waals surface area contributed by atoms with Crippen LogP contribution in [0.2, 0.25) is 0 Å². The summed E-state index contributed by atoms with van der Waals surface area (Å²) in [6.45, 7) is 4.50. The molecule has 0 bridgehead atoms. The molecule has 1 aliphatic carbocycles. The van der Waals surface area contributed by atoms with Crippen LogP contribution < -0.4 is 5.73 Å². The summed E-state index contributed by atoms with van der Waals surface area (Å²) in [5.41, 5.74) is 4.20. The third kappa shape index (κ3) is 3.20. The van der Waals surface area contributed by atoms with E-state index in [9.17, 15) is 22.8 Å². The van der Waals surface area contributed by atoms with Crippen molar-refractivity contribution >= 4 is 11.7 Å². The molecule has 0 radical (unpaired) electrons. The van der Waals surface area contributed by atoms with Gasteiger partial charge in [0.15, 0.2) is 5.78 Å². The van der Waals surface area contributed by atoms with Crippen molar-refractivity contribution in [1.29, 1.82) is 0 Å². The Balaban J connectivity index is 1.79. The lowest BCUT2D eigenvalue weighted by molar-refractivity contribution is -0.141. The molecular weight excluding hydrogens is 347 g/mol. The zero-order chi connectivity index (χ0) is 19.3. The van der Waals surface area contributed by atoms with Gasteiger partial charge in [-0.15, -0.1) is 0 Å². The monoisotopic (exact) mass is 367 g/mol. The maximum atomic E-state index is 12.6. The van der Waals surface area contributed by atoms with Crippen LogP contribution in [0.25, 0.3) is 0 Å². The van der Waals surface area contributed by atoms with Crippen LogP contribution in [0.1, 0.15) is 42.7 Å². The summed E-state index contributed by atoms with van der Waals surface area (Å²) in [6, 6.07) is 1.95. The van der Waals surface area contributed by atoms with E-state index in [1.807, 2.05) is 13.8 Å². The first-order chi connectivity index (χ1) is 11.9. The number of likely N-dealkylation sites (tertiary alicyclic amines) is 1. The number of pyridine rings is 1. The molecule has 2 heterocycles. The van der Waals surface area contributed by atoms with Crippen LogP contribution in [0.3, 0.4) is 0 Å². The molecule has 0 aromatic carbocycles.